The van der Waals surface area contributed by atoms with Crippen LogP contribution in [0.25, 0.3) is 0 Å². The summed E-state index contributed by atoms with van der Waals surface area (Å²) < 4.78 is 17.4. The SMILES string of the molecule is CCCc1ccc(P(=O)(O)Oc2ccccc2)cc1. The first-order valence-corrected chi connectivity index (χ1v) is 7.86. The van der Waals surface area contributed by atoms with Crippen molar-refractivity contribution in [2.45, 2.75) is 19.8 Å². The Balaban J connectivity index is 2.17. The van der Waals surface area contributed by atoms with Crippen LogP contribution in [-0.2, 0) is 11.0 Å². The minimum atomic E-state index is -3.81. The lowest BCUT2D eigenvalue weighted by Crippen LogP contribution is -2.09. The van der Waals surface area contributed by atoms with Crippen LogP contribution in [0.3, 0.4) is 0 Å². The van der Waals surface area contributed by atoms with Gasteiger partial charge in [0.2, 0.25) is 0 Å². The molecule has 1 unspecified atom stereocenters. The van der Waals surface area contributed by atoms with Gasteiger partial charge < -0.3 is 9.42 Å². The van der Waals surface area contributed by atoms with Gasteiger partial charge in [-0.05, 0) is 36.2 Å². The molecule has 0 saturated heterocycles. The molecule has 1 N–H and O–H groups in total. The predicted octanol–water partition coefficient (Wildman–Crippen LogP) is 3.53. The third kappa shape index (κ3) is 3.69. The number of aryl methyl sites for hydroxylation is 1. The Morgan fingerprint density at radius 1 is 1.05 bits per heavy atom. The minimum Gasteiger partial charge on any atom is -0.421 e. The van der Waals surface area contributed by atoms with Crippen molar-refractivity contribution in [1.29, 1.82) is 0 Å². The van der Waals surface area contributed by atoms with Crippen molar-refractivity contribution in [1.82, 2.24) is 0 Å². The number of hydrogen-bond donors (Lipinski definition) is 1. The lowest BCUT2D eigenvalue weighted by atomic mass is 10.1. The van der Waals surface area contributed by atoms with E-state index in [4.69, 9.17) is 4.52 Å². The average Bonchev–Trinajstić information content (AvgIpc) is 2.40. The van der Waals surface area contributed by atoms with Crippen molar-refractivity contribution in [2.75, 3.05) is 0 Å². The van der Waals surface area contributed by atoms with Crippen LogP contribution in [0, 0.1) is 0 Å². The van der Waals surface area contributed by atoms with E-state index in [0.717, 1.165) is 18.4 Å². The summed E-state index contributed by atoms with van der Waals surface area (Å²) in [6, 6.07) is 15.7. The first-order valence-electron chi connectivity index (χ1n) is 6.29. The molecule has 1 atom stereocenters. The molecule has 0 amide bonds. The molecule has 0 aliphatic rings. The summed E-state index contributed by atoms with van der Waals surface area (Å²) in [5, 5.41) is 0.316. The highest BCUT2D eigenvalue weighted by Gasteiger charge is 2.23. The standard InChI is InChI=1S/C15H17O3P/c1-2-6-13-9-11-15(12-10-13)19(16,17)18-14-7-4-3-5-8-14/h3-5,7-12H,2,6H2,1H3,(H,16,17). The second kappa shape index (κ2) is 6.05. The maximum atomic E-state index is 12.2. The number of hydrogen-bond acceptors (Lipinski definition) is 2. The fourth-order valence-electron chi connectivity index (χ4n) is 1.82. The fourth-order valence-corrected chi connectivity index (χ4v) is 2.86. The smallest absolute Gasteiger partial charge is 0.408 e. The highest BCUT2D eigenvalue weighted by molar-refractivity contribution is 7.61. The third-order valence-corrected chi connectivity index (χ3v) is 4.18. The van der Waals surface area contributed by atoms with E-state index in [0.29, 0.717) is 11.1 Å². The van der Waals surface area contributed by atoms with Crippen LogP contribution in [0.15, 0.2) is 54.6 Å². The van der Waals surface area contributed by atoms with E-state index in [2.05, 4.69) is 6.92 Å². The molecule has 0 aromatic heterocycles. The molecule has 0 bridgehead atoms. The Morgan fingerprint density at radius 3 is 2.26 bits per heavy atom. The van der Waals surface area contributed by atoms with Crippen molar-refractivity contribution in [3.05, 3.63) is 60.2 Å². The molecular weight excluding hydrogens is 259 g/mol. The van der Waals surface area contributed by atoms with Crippen molar-refractivity contribution >= 4 is 12.9 Å². The molecule has 0 saturated carbocycles. The highest BCUT2D eigenvalue weighted by Crippen LogP contribution is 2.41. The molecule has 19 heavy (non-hydrogen) atoms. The molecule has 2 aromatic rings. The molecule has 0 aliphatic heterocycles. The van der Waals surface area contributed by atoms with Gasteiger partial charge in [-0.25, -0.2) is 4.57 Å². The Hall–Kier alpha value is -1.57. The summed E-state index contributed by atoms with van der Waals surface area (Å²) in [5.41, 5.74) is 1.16. The first kappa shape index (κ1) is 13.9. The molecule has 0 radical (unpaired) electrons. The molecule has 2 aromatic carbocycles. The third-order valence-electron chi connectivity index (χ3n) is 2.77. The van der Waals surface area contributed by atoms with Crippen molar-refractivity contribution < 1.29 is 14.0 Å². The summed E-state index contributed by atoms with van der Waals surface area (Å²) in [6.07, 6.45) is 2.02. The maximum absolute atomic E-state index is 12.2. The van der Waals surface area contributed by atoms with E-state index in [1.807, 2.05) is 18.2 Å². The van der Waals surface area contributed by atoms with E-state index in [-0.39, 0.29) is 0 Å². The van der Waals surface area contributed by atoms with Gasteiger partial charge in [0, 0.05) is 0 Å². The molecule has 0 spiro atoms. The molecule has 4 heteroatoms. The van der Waals surface area contributed by atoms with Gasteiger partial charge in [0.05, 0.1) is 5.30 Å². The maximum Gasteiger partial charge on any atom is 0.408 e. The van der Waals surface area contributed by atoms with Crippen molar-refractivity contribution in [3.63, 3.8) is 0 Å². The Bertz CT molecular complexity index is 564. The Labute approximate surface area is 113 Å². The van der Waals surface area contributed by atoms with Gasteiger partial charge in [-0.2, -0.15) is 0 Å². The zero-order valence-electron chi connectivity index (χ0n) is 10.8. The van der Waals surface area contributed by atoms with Gasteiger partial charge in [-0.3, -0.25) is 0 Å². The van der Waals surface area contributed by atoms with E-state index in [1.165, 1.54) is 0 Å². The lowest BCUT2D eigenvalue weighted by molar-refractivity contribution is 0.393. The average molecular weight is 276 g/mol. The van der Waals surface area contributed by atoms with E-state index in [1.54, 1.807) is 36.4 Å². The monoisotopic (exact) mass is 276 g/mol. The molecule has 0 fully saturated rings. The van der Waals surface area contributed by atoms with Crippen LogP contribution in [0.2, 0.25) is 0 Å². The summed E-state index contributed by atoms with van der Waals surface area (Å²) in [7, 11) is -3.81. The minimum absolute atomic E-state index is 0.316. The van der Waals surface area contributed by atoms with Gasteiger partial charge >= 0.3 is 7.60 Å². The summed E-state index contributed by atoms with van der Waals surface area (Å²) >= 11 is 0. The molecule has 0 aliphatic carbocycles. The van der Waals surface area contributed by atoms with E-state index >= 15 is 0 Å². The topological polar surface area (TPSA) is 46.5 Å². The van der Waals surface area contributed by atoms with E-state index < -0.39 is 7.60 Å². The van der Waals surface area contributed by atoms with Crippen LogP contribution < -0.4 is 9.83 Å². The first-order chi connectivity index (χ1) is 9.12. The van der Waals surface area contributed by atoms with Crippen LogP contribution >= 0.6 is 7.60 Å². The molecule has 100 valence electrons. The Kier molecular flexibility index (Phi) is 4.41. The number of para-hydroxylation sites is 1. The van der Waals surface area contributed by atoms with Crippen LogP contribution in [-0.4, -0.2) is 4.89 Å². The van der Waals surface area contributed by atoms with Crippen molar-refractivity contribution in [3.8, 4) is 5.75 Å². The molecular formula is C15H17O3P. The number of benzene rings is 2. The van der Waals surface area contributed by atoms with Gasteiger partial charge in [-0.15, -0.1) is 0 Å². The quantitative estimate of drug-likeness (QED) is 0.850. The molecule has 2 rings (SSSR count). The number of rotatable bonds is 5. The van der Waals surface area contributed by atoms with Gasteiger partial charge in [-0.1, -0.05) is 43.7 Å². The van der Waals surface area contributed by atoms with Gasteiger partial charge in [0.25, 0.3) is 0 Å². The second-order valence-electron chi connectivity index (χ2n) is 4.34. The van der Waals surface area contributed by atoms with Crippen LogP contribution in [0.1, 0.15) is 18.9 Å². The second-order valence-corrected chi connectivity index (χ2v) is 6.08. The summed E-state index contributed by atoms with van der Waals surface area (Å²) in [6.45, 7) is 2.10. The highest BCUT2D eigenvalue weighted by atomic mass is 31.2. The normalized spacial score (nSPS) is 13.8. The predicted molar refractivity (Wildman–Crippen MR) is 77.0 cm³/mol. The zero-order chi connectivity index (χ0) is 13.7. The molecule has 3 nitrogen and oxygen atoms in total. The van der Waals surface area contributed by atoms with E-state index in [9.17, 15) is 9.46 Å². The lowest BCUT2D eigenvalue weighted by Gasteiger charge is -2.13. The summed E-state index contributed by atoms with van der Waals surface area (Å²) in [5.74, 6) is 0.394. The van der Waals surface area contributed by atoms with Crippen LogP contribution in [0.5, 0.6) is 5.75 Å². The Morgan fingerprint density at radius 2 is 1.68 bits per heavy atom. The summed E-state index contributed by atoms with van der Waals surface area (Å²) in [4.78, 5) is 9.99. The van der Waals surface area contributed by atoms with Crippen LogP contribution in [0.4, 0.5) is 0 Å². The largest absolute Gasteiger partial charge is 0.421 e. The zero-order valence-corrected chi connectivity index (χ0v) is 11.7. The van der Waals surface area contributed by atoms with Gasteiger partial charge in [0.1, 0.15) is 5.75 Å². The fraction of sp³-hybridized carbons (Fsp3) is 0.200. The van der Waals surface area contributed by atoms with Gasteiger partial charge in [0.15, 0.2) is 0 Å². The van der Waals surface area contributed by atoms with Crippen molar-refractivity contribution in [2.24, 2.45) is 0 Å². The molecule has 0 heterocycles.